The number of carbonyl (C=O) groups is 2. The summed E-state index contributed by atoms with van der Waals surface area (Å²) in [6, 6.07) is 2.66. The van der Waals surface area contributed by atoms with Gasteiger partial charge in [-0.25, -0.2) is 14.2 Å². The molecule has 2 aliphatic carbocycles. The SMILES string of the molecule is CC[C@@]1(O)C(=O)OCc2c1cc1n(c2=O)Cc2c-1nc1cc(F)c(C)c3c1c2[C@@H](NC(=O)[C@H]1C[C@@H]1CO)CC3. The predicted molar refractivity (Wildman–Crippen MR) is 137 cm³/mol. The van der Waals surface area contributed by atoms with Crippen molar-refractivity contribution in [2.75, 3.05) is 6.61 Å². The van der Waals surface area contributed by atoms with E-state index in [0.29, 0.717) is 41.7 Å². The molecule has 4 aliphatic rings. The normalized spacial score (nSPS) is 26.1. The maximum atomic E-state index is 15.0. The Balaban J connectivity index is 1.45. The molecule has 2 aromatic heterocycles. The number of fused-ring (bicyclic) bond motifs is 5. The molecule has 0 spiro atoms. The van der Waals surface area contributed by atoms with Crippen molar-refractivity contribution in [1.29, 1.82) is 0 Å². The van der Waals surface area contributed by atoms with Gasteiger partial charge in [0.1, 0.15) is 12.4 Å². The number of aromatic nitrogens is 2. The van der Waals surface area contributed by atoms with Crippen LogP contribution >= 0.6 is 0 Å². The fraction of sp³-hybridized carbons (Fsp3) is 0.448. The number of carbonyl (C=O) groups excluding carboxylic acids is 2. The first-order valence-electron chi connectivity index (χ1n) is 13.4. The third kappa shape index (κ3) is 3.24. The van der Waals surface area contributed by atoms with Crippen molar-refractivity contribution < 1.29 is 28.9 Å². The van der Waals surface area contributed by atoms with Crippen LogP contribution in [0.2, 0.25) is 0 Å². The summed E-state index contributed by atoms with van der Waals surface area (Å²) >= 11 is 0. The molecule has 202 valence electrons. The van der Waals surface area contributed by atoms with E-state index in [4.69, 9.17) is 9.72 Å². The van der Waals surface area contributed by atoms with Crippen molar-refractivity contribution in [3.8, 4) is 11.4 Å². The molecular weight excluding hydrogens is 505 g/mol. The smallest absolute Gasteiger partial charge is 0.343 e. The molecule has 1 fully saturated rings. The van der Waals surface area contributed by atoms with Crippen LogP contribution in [0.1, 0.15) is 65.6 Å². The molecule has 10 heteroatoms. The molecule has 9 nitrogen and oxygen atoms in total. The lowest BCUT2D eigenvalue weighted by atomic mass is 9.81. The van der Waals surface area contributed by atoms with Gasteiger partial charge in [-0.2, -0.15) is 0 Å². The number of hydrogen-bond acceptors (Lipinski definition) is 7. The third-order valence-electron chi connectivity index (χ3n) is 9.19. The van der Waals surface area contributed by atoms with Gasteiger partial charge in [-0.15, -0.1) is 0 Å². The second-order valence-electron chi connectivity index (χ2n) is 11.2. The summed E-state index contributed by atoms with van der Waals surface area (Å²) in [6.07, 6.45) is 1.80. The first-order valence-corrected chi connectivity index (χ1v) is 13.4. The van der Waals surface area contributed by atoms with Crippen molar-refractivity contribution in [3.05, 3.63) is 61.7 Å². The van der Waals surface area contributed by atoms with Crippen molar-refractivity contribution in [1.82, 2.24) is 14.9 Å². The molecule has 4 atom stereocenters. The van der Waals surface area contributed by atoms with Crippen molar-refractivity contribution in [3.63, 3.8) is 0 Å². The van der Waals surface area contributed by atoms with E-state index in [0.717, 1.165) is 22.1 Å². The van der Waals surface area contributed by atoms with Crippen LogP contribution in [0, 0.1) is 24.6 Å². The Labute approximate surface area is 222 Å². The number of nitrogens with zero attached hydrogens (tertiary/aromatic N) is 2. The number of amides is 1. The number of cyclic esters (lactones) is 1. The molecular formula is C29H28FN3O6. The number of nitrogens with one attached hydrogen (secondary N) is 1. The van der Waals surface area contributed by atoms with E-state index >= 15 is 4.39 Å². The largest absolute Gasteiger partial charge is 0.458 e. The number of benzene rings is 1. The first-order chi connectivity index (χ1) is 18.7. The summed E-state index contributed by atoms with van der Waals surface area (Å²) in [5.74, 6) is -1.55. The van der Waals surface area contributed by atoms with Crippen molar-refractivity contribution in [2.24, 2.45) is 11.8 Å². The molecule has 2 aliphatic heterocycles. The fourth-order valence-corrected chi connectivity index (χ4v) is 6.75. The molecule has 4 heterocycles. The van der Waals surface area contributed by atoms with Crippen LogP contribution in [0.4, 0.5) is 4.39 Å². The summed E-state index contributed by atoms with van der Waals surface area (Å²) in [5, 5.41) is 24.6. The first kappa shape index (κ1) is 24.4. The van der Waals surface area contributed by atoms with E-state index < -0.39 is 11.6 Å². The second-order valence-corrected chi connectivity index (χ2v) is 11.2. The third-order valence-corrected chi connectivity index (χ3v) is 9.19. The van der Waals surface area contributed by atoms with Crippen LogP contribution < -0.4 is 10.9 Å². The molecule has 1 amide bonds. The van der Waals surface area contributed by atoms with Gasteiger partial charge in [0.2, 0.25) is 5.91 Å². The summed E-state index contributed by atoms with van der Waals surface area (Å²) in [6.45, 7) is 3.32. The maximum Gasteiger partial charge on any atom is 0.343 e. The number of ether oxygens (including phenoxy) is 1. The quantitative estimate of drug-likeness (QED) is 0.343. The Bertz CT molecular complexity index is 1700. The van der Waals surface area contributed by atoms with Crippen molar-refractivity contribution >= 4 is 22.8 Å². The highest BCUT2D eigenvalue weighted by atomic mass is 19.1. The Morgan fingerprint density at radius 1 is 1.28 bits per heavy atom. The average molecular weight is 534 g/mol. The van der Waals surface area contributed by atoms with E-state index in [1.807, 2.05) is 0 Å². The highest BCUT2D eigenvalue weighted by molar-refractivity contribution is 5.94. The summed E-state index contributed by atoms with van der Waals surface area (Å²) in [5.41, 5.74) is 2.45. The molecule has 3 N–H and O–H groups in total. The van der Waals surface area contributed by atoms with E-state index in [2.05, 4.69) is 5.32 Å². The summed E-state index contributed by atoms with van der Waals surface area (Å²) < 4.78 is 21.7. The van der Waals surface area contributed by atoms with Crippen LogP contribution in [-0.4, -0.2) is 38.2 Å². The van der Waals surface area contributed by atoms with Gasteiger partial charge in [-0.05, 0) is 61.3 Å². The molecule has 0 unspecified atom stereocenters. The Hall–Kier alpha value is -3.63. The highest BCUT2D eigenvalue weighted by Gasteiger charge is 2.46. The maximum absolute atomic E-state index is 15.0. The Morgan fingerprint density at radius 3 is 2.79 bits per heavy atom. The number of aliphatic hydroxyl groups is 2. The molecule has 39 heavy (non-hydrogen) atoms. The summed E-state index contributed by atoms with van der Waals surface area (Å²) in [4.78, 5) is 44.1. The number of aliphatic hydroxyl groups excluding tert-OH is 1. The zero-order valence-electron chi connectivity index (χ0n) is 21.6. The van der Waals surface area contributed by atoms with Crippen LogP contribution in [-0.2, 0) is 39.5 Å². The molecule has 0 radical (unpaired) electrons. The van der Waals surface area contributed by atoms with E-state index in [-0.39, 0.29) is 72.5 Å². The lowest BCUT2D eigenvalue weighted by Gasteiger charge is -2.31. The molecule has 1 saturated carbocycles. The zero-order chi connectivity index (χ0) is 27.4. The molecule has 7 rings (SSSR count). The topological polar surface area (TPSA) is 131 Å². The van der Waals surface area contributed by atoms with Crippen LogP contribution in [0.5, 0.6) is 0 Å². The highest BCUT2D eigenvalue weighted by Crippen LogP contribution is 2.46. The Kier molecular flexibility index (Phi) is 5.13. The van der Waals surface area contributed by atoms with Gasteiger partial charge in [0, 0.05) is 35.1 Å². The van der Waals surface area contributed by atoms with Crippen LogP contribution in [0.25, 0.3) is 22.3 Å². The lowest BCUT2D eigenvalue weighted by Crippen LogP contribution is -2.44. The van der Waals surface area contributed by atoms with Crippen LogP contribution in [0.15, 0.2) is 16.9 Å². The standard InChI is InChI=1S/C29H28FN3O6/c1-3-29(38)18-7-22-25-16(9-33(22)27(36)17(18)11-39-28(29)37)24-20(32-26(35)15-6-13(15)10-34)5-4-14-12(2)19(30)8-21(31-25)23(14)24/h7-8,13,15,20,34,38H,3-6,9-11H2,1-2H3,(H,32,35)/t13-,15+,20+,29+/m1/s1. The Morgan fingerprint density at radius 2 is 2.08 bits per heavy atom. The van der Waals surface area contributed by atoms with Gasteiger partial charge < -0.3 is 24.8 Å². The minimum absolute atomic E-state index is 0.0296. The van der Waals surface area contributed by atoms with Gasteiger partial charge in [0.25, 0.3) is 5.56 Å². The van der Waals surface area contributed by atoms with Gasteiger partial charge >= 0.3 is 5.97 Å². The van der Waals surface area contributed by atoms with Gasteiger partial charge in [0.15, 0.2) is 5.60 Å². The van der Waals surface area contributed by atoms with E-state index in [1.165, 1.54) is 6.07 Å². The number of hydrogen-bond donors (Lipinski definition) is 3. The average Bonchev–Trinajstić information content (AvgIpc) is 3.64. The van der Waals surface area contributed by atoms with Gasteiger partial charge in [-0.3, -0.25) is 9.59 Å². The minimum Gasteiger partial charge on any atom is -0.458 e. The molecule has 3 aromatic rings. The van der Waals surface area contributed by atoms with Crippen molar-refractivity contribution in [2.45, 2.75) is 64.3 Å². The molecule has 0 bridgehead atoms. The van der Waals surface area contributed by atoms with Gasteiger partial charge in [-0.1, -0.05) is 6.92 Å². The molecule has 1 aromatic carbocycles. The minimum atomic E-state index is -1.95. The number of aryl methyl sites for hydroxylation is 1. The van der Waals surface area contributed by atoms with E-state index in [1.54, 1.807) is 24.5 Å². The van der Waals surface area contributed by atoms with Crippen LogP contribution in [0.3, 0.4) is 0 Å². The zero-order valence-corrected chi connectivity index (χ0v) is 21.6. The monoisotopic (exact) mass is 533 g/mol. The fourth-order valence-electron chi connectivity index (χ4n) is 6.75. The van der Waals surface area contributed by atoms with E-state index in [9.17, 15) is 24.6 Å². The second kappa shape index (κ2) is 8.19. The number of rotatable bonds is 4. The number of halogens is 1. The number of esters is 1. The summed E-state index contributed by atoms with van der Waals surface area (Å²) in [7, 11) is 0. The molecule has 0 saturated heterocycles. The van der Waals surface area contributed by atoms with Gasteiger partial charge in [0.05, 0.1) is 35.1 Å². The lowest BCUT2D eigenvalue weighted by molar-refractivity contribution is -0.172. The predicted octanol–water partition coefficient (Wildman–Crippen LogP) is 2.26. The number of pyridine rings is 2.